The lowest BCUT2D eigenvalue weighted by Crippen LogP contribution is -2.29. The second kappa shape index (κ2) is 7.84. The lowest BCUT2D eigenvalue weighted by atomic mass is 9.95. The van der Waals surface area contributed by atoms with Crippen LogP contribution >= 0.6 is 12.4 Å². The number of amides is 1. The summed E-state index contributed by atoms with van der Waals surface area (Å²) in [6, 6.07) is 7.70. The Bertz CT molecular complexity index is 505. The van der Waals surface area contributed by atoms with Gasteiger partial charge in [0.2, 0.25) is 5.91 Å². The quantitative estimate of drug-likeness (QED) is 0.844. The summed E-state index contributed by atoms with van der Waals surface area (Å²) in [5.74, 6) is 1.94. The van der Waals surface area contributed by atoms with Crippen LogP contribution in [0.1, 0.15) is 32.1 Å². The van der Waals surface area contributed by atoms with E-state index in [1.807, 2.05) is 24.3 Å². The number of anilines is 1. The molecule has 0 bridgehead atoms. The summed E-state index contributed by atoms with van der Waals surface area (Å²) in [5.41, 5.74) is 6.55. The molecule has 22 heavy (non-hydrogen) atoms. The number of ether oxygens (including phenoxy) is 1. The fraction of sp³-hybridized carbons (Fsp3) is 0.588. The van der Waals surface area contributed by atoms with E-state index in [1.54, 1.807) is 0 Å². The van der Waals surface area contributed by atoms with Gasteiger partial charge in [0, 0.05) is 5.92 Å². The van der Waals surface area contributed by atoms with Crippen LogP contribution in [0.25, 0.3) is 0 Å². The lowest BCUT2D eigenvalue weighted by Gasteiger charge is -2.19. The molecule has 3 N–H and O–H groups in total. The number of carbonyl (C=O) groups is 1. The average molecular weight is 325 g/mol. The predicted molar refractivity (Wildman–Crippen MR) is 90.4 cm³/mol. The van der Waals surface area contributed by atoms with Gasteiger partial charge >= 0.3 is 0 Å². The summed E-state index contributed by atoms with van der Waals surface area (Å²) in [5, 5.41) is 3.04. The first-order valence-electron chi connectivity index (χ1n) is 8.00. The number of hydrogen-bond donors (Lipinski definition) is 2. The van der Waals surface area contributed by atoms with Crippen molar-refractivity contribution in [3.05, 3.63) is 24.3 Å². The molecule has 2 fully saturated rings. The van der Waals surface area contributed by atoms with Crippen LogP contribution in [0.15, 0.2) is 24.3 Å². The van der Waals surface area contributed by atoms with E-state index in [4.69, 9.17) is 10.5 Å². The van der Waals surface area contributed by atoms with Gasteiger partial charge < -0.3 is 15.8 Å². The van der Waals surface area contributed by atoms with Gasteiger partial charge in [-0.05, 0) is 56.2 Å². The van der Waals surface area contributed by atoms with Crippen molar-refractivity contribution in [2.75, 3.05) is 18.5 Å². The maximum Gasteiger partial charge on any atom is 0.227 e. The molecule has 0 heterocycles. The van der Waals surface area contributed by atoms with E-state index >= 15 is 0 Å². The number of benzene rings is 1. The van der Waals surface area contributed by atoms with Gasteiger partial charge in [0.15, 0.2) is 0 Å². The van der Waals surface area contributed by atoms with Gasteiger partial charge in [-0.3, -0.25) is 4.79 Å². The van der Waals surface area contributed by atoms with Crippen molar-refractivity contribution in [1.29, 1.82) is 0 Å². The molecule has 2 atom stereocenters. The maximum absolute atomic E-state index is 12.5. The van der Waals surface area contributed by atoms with Crippen LogP contribution in [-0.4, -0.2) is 19.1 Å². The van der Waals surface area contributed by atoms with Crippen LogP contribution in [0.5, 0.6) is 5.75 Å². The van der Waals surface area contributed by atoms with E-state index in [2.05, 4.69) is 5.32 Å². The molecule has 1 aromatic rings. The smallest absolute Gasteiger partial charge is 0.227 e. The number of nitrogens with one attached hydrogen (secondary N) is 1. The van der Waals surface area contributed by atoms with Gasteiger partial charge in [0.1, 0.15) is 5.75 Å². The summed E-state index contributed by atoms with van der Waals surface area (Å²) in [7, 11) is 0. The molecule has 0 spiro atoms. The standard InChI is InChI=1S/C17H24N2O2.ClH/c18-10-13-4-3-5-14(13)17(20)19-15-6-1-2-7-16(15)21-11-12-8-9-12;/h1-2,6-7,12-14H,3-5,8-11,18H2,(H,19,20);1H/t13-,14-;/m1./s1. The third-order valence-electron chi connectivity index (χ3n) is 4.61. The Balaban J connectivity index is 0.00000176. The summed E-state index contributed by atoms with van der Waals surface area (Å²) >= 11 is 0. The van der Waals surface area contributed by atoms with Gasteiger partial charge in [-0.1, -0.05) is 18.6 Å². The van der Waals surface area contributed by atoms with Gasteiger partial charge in [-0.15, -0.1) is 12.4 Å². The summed E-state index contributed by atoms with van der Waals surface area (Å²) < 4.78 is 5.84. The van der Waals surface area contributed by atoms with Crippen LogP contribution in [0.2, 0.25) is 0 Å². The molecule has 2 aliphatic rings. The highest BCUT2D eigenvalue weighted by Crippen LogP contribution is 2.34. The van der Waals surface area contributed by atoms with Crippen LogP contribution in [0, 0.1) is 17.8 Å². The molecule has 2 aliphatic carbocycles. The highest BCUT2D eigenvalue weighted by Gasteiger charge is 2.32. The first kappa shape index (κ1) is 17.1. The topological polar surface area (TPSA) is 64.4 Å². The lowest BCUT2D eigenvalue weighted by molar-refractivity contribution is -0.120. The Morgan fingerprint density at radius 2 is 2.00 bits per heavy atom. The van der Waals surface area contributed by atoms with Gasteiger partial charge in [0.05, 0.1) is 12.3 Å². The number of nitrogens with two attached hydrogens (primary N) is 1. The third kappa shape index (κ3) is 4.14. The highest BCUT2D eigenvalue weighted by molar-refractivity contribution is 5.94. The van der Waals surface area contributed by atoms with E-state index in [0.29, 0.717) is 18.4 Å². The number of rotatable bonds is 6. The van der Waals surface area contributed by atoms with E-state index in [-0.39, 0.29) is 24.2 Å². The van der Waals surface area contributed by atoms with Gasteiger partial charge in [-0.2, -0.15) is 0 Å². The largest absolute Gasteiger partial charge is 0.491 e. The Morgan fingerprint density at radius 1 is 1.23 bits per heavy atom. The van der Waals surface area contributed by atoms with E-state index in [1.165, 1.54) is 12.8 Å². The molecule has 0 aliphatic heterocycles. The van der Waals surface area contributed by atoms with E-state index in [9.17, 15) is 4.79 Å². The molecule has 0 saturated heterocycles. The molecule has 1 aromatic carbocycles. The molecule has 2 saturated carbocycles. The minimum absolute atomic E-state index is 0. The molecule has 1 amide bonds. The summed E-state index contributed by atoms with van der Waals surface area (Å²) in [6.45, 7) is 1.35. The summed E-state index contributed by atoms with van der Waals surface area (Å²) in [6.07, 6.45) is 5.62. The van der Waals surface area contributed by atoms with Gasteiger partial charge in [-0.25, -0.2) is 0 Å². The summed E-state index contributed by atoms with van der Waals surface area (Å²) in [4.78, 5) is 12.5. The predicted octanol–water partition coefficient (Wildman–Crippen LogP) is 3.21. The number of hydrogen-bond acceptors (Lipinski definition) is 3. The molecule has 4 nitrogen and oxygen atoms in total. The van der Waals surface area contributed by atoms with Crippen molar-refractivity contribution in [3.8, 4) is 5.75 Å². The minimum Gasteiger partial charge on any atom is -0.491 e. The number of halogens is 1. The molecular formula is C17H25ClN2O2. The molecule has 0 aromatic heterocycles. The normalized spacial score (nSPS) is 23.7. The van der Waals surface area contributed by atoms with E-state index in [0.717, 1.165) is 37.3 Å². The Labute approximate surface area is 138 Å². The fourth-order valence-corrected chi connectivity index (χ4v) is 3.08. The van der Waals surface area contributed by atoms with Crippen molar-refractivity contribution >= 4 is 24.0 Å². The van der Waals surface area contributed by atoms with Crippen LogP contribution < -0.4 is 15.8 Å². The van der Waals surface area contributed by atoms with Gasteiger partial charge in [0.25, 0.3) is 0 Å². The second-order valence-electron chi connectivity index (χ2n) is 6.27. The first-order valence-corrected chi connectivity index (χ1v) is 8.00. The van der Waals surface area contributed by atoms with Crippen molar-refractivity contribution in [3.63, 3.8) is 0 Å². The molecule has 0 unspecified atom stereocenters. The molecule has 122 valence electrons. The maximum atomic E-state index is 12.5. The first-order chi connectivity index (χ1) is 10.3. The minimum atomic E-state index is 0. The Hall–Kier alpha value is -1.26. The number of carbonyl (C=O) groups excluding carboxylic acids is 1. The zero-order chi connectivity index (χ0) is 14.7. The highest BCUT2D eigenvalue weighted by atomic mass is 35.5. The second-order valence-corrected chi connectivity index (χ2v) is 6.27. The zero-order valence-corrected chi connectivity index (χ0v) is 13.6. The molecular weight excluding hydrogens is 300 g/mol. The Kier molecular flexibility index (Phi) is 6.09. The monoisotopic (exact) mass is 324 g/mol. The van der Waals surface area contributed by atoms with E-state index < -0.39 is 0 Å². The SMILES string of the molecule is Cl.NC[C@H]1CCC[C@H]1C(=O)Nc1ccccc1OCC1CC1. The number of para-hydroxylation sites is 2. The third-order valence-corrected chi connectivity index (χ3v) is 4.61. The average Bonchev–Trinajstić information content (AvgIpc) is 3.20. The van der Waals surface area contributed by atoms with Crippen LogP contribution in [-0.2, 0) is 4.79 Å². The fourth-order valence-electron chi connectivity index (χ4n) is 3.08. The molecule has 3 rings (SSSR count). The zero-order valence-electron chi connectivity index (χ0n) is 12.8. The van der Waals surface area contributed by atoms with Crippen molar-refractivity contribution in [2.45, 2.75) is 32.1 Å². The van der Waals surface area contributed by atoms with Crippen molar-refractivity contribution < 1.29 is 9.53 Å². The van der Waals surface area contributed by atoms with Crippen molar-refractivity contribution in [2.24, 2.45) is 23.5 Å². The Morgan fingerprint density at radius 3 is 2.73 bits per heavy atom. The van der Waals surface area contributed by atoms with Crippen molar-refractivity contribution in [1.82, 2.24) is 0 Å². The van der Waals surface area contributed by atoms with Crippen LogP contribution in [0.3, 0.4) is 0 Å². The van der Waals surface area contributed by atoms with Crippen LogP contribution in [0.4, 0.5) is 5.69 Å². The molecule has 0 radical (unpaired) electrons. The molecule has 5 heteroatoms.